The molecule has 2 N–H and O–H groups in total. The Labute approximate surface area is 121 Å². The van der Waals surface area contributed by atoms with Crippen LogP contribution in [-0.4, -0.2) is 16.1 Å². The van der Waals surface area contributed by atoms with Crippen LogP contribution in [0.25, 0.3) is 10.8 Å². The summed E-state index contributed by atoms with van der Waals surface area (Å²) in [5.74, 6) is 1.32. The van der Waals surface area contributed by atoms with E-state index >= 15 is 0 Å². The molecule has 0 bridgehead atoms. The van der Waals surface area contributed by atoms with Crippen molar-refractivity contribution in [3.05, 3.63) is 59.7 Å². The highest BCUT2D eigenvalue weighted by Gasteiger charge is 2.12. The summed E-state index contributed by atoms with van der Waals surface area (Å²) in [4.78, 5) is 15.4. The number of aromatic carboxylic acids is 1. The molecule has 0 fully saturated rings. The fraction of sp³-hybridized carbons (Fsp3) is 0.125. The number of carboxylic acids is 1. The molecule has 0 amide bonds. The Bertz CT molecular complexity index is 808. The van der Waals surface area contributed by atoms with Gasteiger partial charge in [0.2, 0.25) is 0 Å². The Balaban J connectivity index is 1.96. The molecule has 5 nitrogen and oxygen atoms in total. The van der Waals surface area contributed by atoms with Crippen molar-refractivity contribution in [2.24, 2.45) is 0 Å². The third-order valence-electron chi connectivity index (χ3n) is 3.25. The average molecular weight is 282 g/mol. The van der Waals surface area contributed by atoms with Crippen molar-refractivity contribution >= 4 is 22.6 Å². The van der Waals surface area contributed by atoms with Crippen LogP contribution >= 0.6 is 0 Å². The molecule has 2 aromatic heterocycles. The summed E-state index contributed by atoms with van der Waals surface area (Å²) >= 11 is 0. The third kappa shape index (κ3) is 2.58. The zero-order chi connectivity index (χ0) is 14.8. The number of rotatable bonds is 4. The van der Waals surface area contributed by atoms with Crippen LogP contribution in [0.5, 0.6) is 0 Å². The molecule has 0 atom stereocenters. The molecule has 5 heteroatoms. The summed E-state index contributed by atoms with van der Waals surface area (Å²) in [6.45, 7) is 2.38. The number of anilines is 1. The van der Waals surface area contributed by atoms with Gasteiger partial charge >= 0.3 is 5.97 Å². The van der Waals surface area contributed by atoms with Gasteiger partial charge in [-0.15, -0.1) is 0 Å². The minimum Gasteiger partial charge on any atom is -0.478 e. The number of carboxylic acid groups (broad SMARTS) is 1. The van der Waals surface area contributed by atoms with E-state index in [1.807, 2.05) is 37.3 Å². The monoisotopic (exact) mass is 282 g/mol. The van der Waals surface area contributed by atoms with Crippen LogP contribution in [-0.2, 0) is 6.54 Å². The quantitative estimate of drug-likeness (QED) is 0.766. The van der Waals surface area contributed by atoms with E-state index < -0.39 is 5.97 Å². The van der Waals surface area contributed by atoms with Gasteiger partial charge in [0.1, 0.15) is 17.3 Å². The van der Waals surface area contributed by atoms with Gasteiger partial charge in [-0.25, -0.2) is 9.78 Å². The number of pyridine rings is 1. The third-order valence-corrected chi connectivity index (χ3v) is 3.25. The van der Waals surface area contributed by atoms with Gasteiger partial charge in [0.15, 0.2) is 0 Å². The van der Waals surface area contributed by atoms with Crippen molar-refractivity contribution in [2.45, 2.75) is 13.5 Å². The SMILES string of the molecule is Cc1ccc(CNc2ncc(C(=O)O)c3ccccc23)o1. The highest BCUT2D eigenvalue weighted by atomic mass is 16.4. The first-order valence-corrected chi connectivity index (χ1v) is 6.55. The van der Waals surface area contributed by atoms with Crippen molar-refractivity contribution < 1.29 is 14.3 Å². The first-order valence-electron chi connectivity index (χ1n) is 6.55. The molecule has 2 heterocycles. The average Bonchev–Trinajstić information content (AvgIpc) is 2.90. The Hall–Kier alpha value is -2.82. The number of carbonyl (C=O) groups is 1. The Morgan fingerprint density at radius 3 is 2.67 bits per heavy atom. The molecule has 0 saturated carbocycles. The number of aromatic nitrogens is 1. The van der Waals surface area contributed by atoms with Crippen molar-refractivity contribution in [3.63, 3.8) is 0 Å². The van der Waals surface area contributed by atoms with Gasteiger partial charge in [-0.05, 0) is 19.1 Å². The lowest BCUT2D eigenvalue weighted by Crippen LogP contribution is -2.04. The van der Waals surface area contributed by atoms with Crippen molar-refractivity contribution in [1.82, 2.24) is 4.98 Å². The maximum atomic E-state index is 11.2. The molecule has 106 valence electrons. The number of benzene rings is 1. The Morgan fingerprint density at radius 2 is 2.00 bits per heavy atom. The van der Waals surface area contributed by atoms with Crippen LogP contribution in [0.2, 0.25) is 0 Å². The zero-order valence-electron chi connectivity index (χ0n) is 11.5. The second-order valence-corrected chi connectivity index (χ2v) is 4.74. The van der Waals surface area contributed by atoms with E-state index in [0.29, 0.717) is 17.7 Å². The van der Waals surface area contributed by atoms with Crippen molar-refractivity contribution in [1.29, 1.82) is 0 Å². The van der Waals surface area contributed by atoms with Crippen LogP contribution in [0, 0.1) is 6.92 Å². The summed E-state index contributed by atoms with van der Waals surface area (Å²) in [6.07, 6.45) is 1.38. The second-order valence-electron chi connectivity index (χ2n) is 4.74. The number of hydrogen-bond acceptors (Lipinski definition) is 4. The number of nitrogens with zero attached hydrogens (tertiary/aromatic N) is 1. The number of hydrogen-bond donors (Lipinski definition) is 2. The minimum atomic E-state index is -0.980. The maximum Gasteiger partial charge on any atom is 0.337 e. The van der Waals surface area contributed by atoms with E-state index in [9.17, 15) is 9.90 Å². The van der Waals surface area contributed by atoms with Crippen LogP contribution in [0.4, 0.5) is 5.82 Å². The van der Waals surface area contributed by atoms with E-state index in [1.54, 1.807) is 6.07 Å². The number of aryl methyl sites for hydroxylation is 1. The largest absolute Gasteiger partial charge is 0.478 e. The number of nitrogens with one attached hydrogen (secondary N) is 1. The summed E-state index contributed by atoms with van der Waals surface area (Å²) in [5, 5.41) is 13.8. The van der Waals surface area contributed by atoms with Gasteiger partial charge < -0.3 is 14.8 Å². The lowest BCUT2D eigenvalue weighted by atomic mass is 10.1. The highest BCUT2D eigenvalue weighted by Crippen LogP contribution is 2.25. The van der Waals surface area contributed by atoms with Crippen molar-refractivity contribution in [3.8, 4) is 0 Å². The normalized spacial score (nSPS) is 10.7. The molecule has 3 rings (SSSR count). The van der Waals surface area contributed by atoms with Gasteiger partial charge in [0.25, 0.3) is 0 Å². The lowest BCUT2D eigenvalue weighted by molar-refractivity contribution is 0.0698. The molecule has 0 saturated heterocycles. The predicted octanol–water partition coefficient (Wildman–Crippen LogP) is 3.45. The van der Waals surface area contributed by atoms with E-state index in [-0.39, 0.29) is 5.56 Å². The van der Waals surface area contributed by atoms with Crippen molar-refractivity contribution in [2.75, 3.05) is 5.32 Å². The Kier molecular flexibility index (Phi) is 3.31. The zero-order valence-corrected chi connectivity index (χ0v) is 11.5. The summed E-state index contributed by atoms with van der Waals surface area (Å²) in [7, 11) is 0. The molecular weight excluding hydrogens is 268 g/mol. The first-order chi connectivity index (χ1) is 10.1. The topological polar surface area (TPSA) is 75.4 Å². The van der Waals surface area contributed by atoms with Crippen LogP contribution in [0.1, 0.15) is 21.9 Å². The fourth-order valence-corrected chi connectivity index (χ4v) is 2.25. The van der Waals surface area contributed by atoms with E-state index in [0.717, 1.165) is 16.9 Å². The molecule has 0 radical (unpaired) electrons. The number of furan rings is 1. The van der Waals surface area contributed by atoms with Gasteiger partial charge in [-0.3, -0.25) is 0 Å². The van der Waals surface area contributed by atoms with E-state index in [4.69, 9.17) is 4.42 Å². The molecule has 0 spiro atoms. The fourth-order valence-electron chi connectivity index (χ4n) is 2.25. The van der Waals surface area contributed by atoms with Gasteiger partial charge in [0.05, 0.1) is 12.1 Å². The van der Waals surface area contributed by atoms with Gasteiger partial charge in [-0.1, -0.05) is 24.3 Å². The summed E-state index contributed by atoms with van der Waals surface area (Å²) in [5.41, 5.74) is 0.199. The Morgan fingerprint density at radius 1 is 1.24 bits per heavy atom. The molecule has 3 aromatic rings. The lowest BCUT2D eigenvalue weighted by Gasteiger charge is -2.09. The molecule has 0 unspecified atom stereocenters. The molecule has 1 aromatic carbocycles. The smallest absolute Gasteiger partial charge is 0.337 e. The minimum absolute atomic E-state index is 0.199. The molecule has 0 aliphatic carbocycles. The number of fused-ring (bicyclic) bond motifs is 1. The van der Waals surface area contributed by atoms with Gasteiger partial charge in [-0.2, -0.15) is 0 Å². The van der Waals surface area contributed by atoms with Crippen LogP contribution in [0.3, 0.4) is 0 Å². The summed E-state index contributed by atoms with van der Waals surface area (Å²) < 4.78 is 5.49. The summed E-state index contributed by atoms with van der Waals surface area (Å²) in [6, 6.07) is 11.1. The second kappa shape index (κ2) is 5.28. The highest BCUT2D eigenvalue weighted by molar-refractivity contribution is 6.06. The van der Waals surface area contributed by atoms with E-state index in [2.05, 4.69) is 10.3 Å². The van der Waals surface area contributed by atoms with E-state index in [1.165, 1.54) is 6.20 Å². The van der Waals surface area contributed by atoms with Crippen LogP contribution in [0.15, 0.2) is 47.0 Å². The predicted molar refractivity (Wildman–Crippen MR) is 79.5 cm³/mol. The maximum absolute atomic E-state index is 11.2. The van der Waals surface area contributed by atoms with Gasteiger partial charge in [0, 0.05) is 17.0 Å². The standard InChI is InChI=1S/C16H14N2O3/c1-10-6-7-11(21-10)8-17-15-13-5-3-2-4-12(13)14(9-18-15)16(19)20/h2-7,9H,8H2,1H3,(H,17,18)(H,19,20). The molecular formula is C16H14N2O3. The van der Waals surface area contributed by atoms with Crippen LogP contribution < -0.4 is 5.32 Å². The molecule has 21 heavy (non-hydrogen) atoms. The molecule has 0 aliphatic heterocycles. The molecule has 0 aliphatic rings. The first kappa shape index (κ1) is 13.2.